The fraction of sp³-hybridized carbons (Fsp3) is 0.360. The van der Waals surface area contributed by atoms with E-state index in [0.29, 0.717) is 43.1 Å². The number of fused-ring (bicyclic) bond motifs is 2. The van der Waals surface area contributed by atoms with Crippen molar-refractivity contribution < 1.29 is 122 Å². The summed E-state index contributed by atoms with van der Waals surface area (Å²) in [7, 11) is 0. The van der Waals surface area contributed by atoms with Crippen LogP contribution in [0, 0.1) is 86.8 Å². The Balaban J connectivity index is 0.000000238. The van der Waals surface area contributed by atoms with Crippen LogP contribution in [-0.4, -0.2) is 132 Å². The molecule has 5 aliphatic heterocycles. The predicted octanol–water partition coefficient (Wildman–Crippen LogP) is 1.92. The molecule has 6 amide bonds. The summed E-state index contributed by atoms with van der Waals surface area (Å²) in [6, 6.07) is 25.0. The zero-order valence-corrected chi connectivity index (χ0v) is 43.3. The molecule has 2 fully saturated rings. The molecule has 0 aromatic heterocycles. The molecule has 75 heavy (non-hydrogen) atoms. The first-order chi connectivity index (χ1) is 35.3. The third-order valence-corrected chi connectivity index (χ3v) is 14.6. The van der Waals surface area contributed by atoms with Gasteiger partial charge in [-0.15, -0.1) is 0 Å². The molecule has 6 unspecified atom stereocenters. The van der Waals surface area contributed by atoms with Crippen molar-refractivity contribution in [1.29, 1.82) is 5.26 Å². The van der Waals surface area contributed by atoms with Crippen LogP contribution in [0.5, 0.6) is 0 Å². The van der Waals surface area contributed by atoms with E-state index in [0.717, 1.165) is 69.9 Å². The van der Waals surface area contributed by atoms with Gasteiger partial charge in [-0.3, -0.25) is 50.8 Å². The summed E-state index contributed by atoms with van der Waals surface area (Å²) in [5.41, 5.74) is 4.28. The van der Waals surface area contributed by atoms with Crippen LogP contribution >= 0.6 is 0 Å². The molecule has 5 N–H and O–H groups in total. The SMILES string of the molecule is N#Cc1ccc(CC(NC(=O)CC2C(=O)Nc3ccccc3N2S(=O)[O-])C(=O)N2CCCC2)cc1.O=C(CC1C(=O)Nc2ccccc2N1S(=O)[O-])NC(Cc1ccc(C2=NCCN2)cc1)C(=O)N1CCCC1.[Ar].[Ar]. The first kappa shape index (κ1) is 59.2. The normalized spacial score (nSPS) is 19.0. The van der Waals surface area contributed by atoms with E-state index < -0.39 is 83.2 Å². The van der Waals surface area contributed by atoms with Crippen molar-refractivity contribution in [1.82, 2.24) is 25.8 Å². The molecule has 25 heteroatoms. The summed E-state index contributed by atoms with van der Waals surface area (Å²) < 4.78 is 49.9. The Bertz CT molecular complexity index is 2860. The minimum absolute atomic E-state index is 0. The van der Waals surface area contributed by atoms with Crippen molar-refractivity contribution in [2.75, 3.05) is 58.5 Å². The van der Waals surface area contributed by atoms with Crippen LogP contribution in [0.3, 0.4) is 0 Å². The van der Waals surface area contributed by atoms with Crippen LogP contribution in [0.15, 0.2) is 102 Å². The molecule has 398 valence electrons. The van der Waals surface area contributed by atoms with Gasteiger partial charge in [0.1, 0.15) is 30.0 Å². The zero-order valence-electron chi connectivity index (χ0n) is 40.2. The zero-order chi connectivity index (χ0) is 51.6. The number of rotatable bonds is 15. The number of carbonyl (C=O) groups excluding carboxylic acids is 6. The molecular formula is C50H53Ar2N11O10S2-2. The Hall–Kier alpha value is -5.00. The minimum Gasteiger partial charge on any atom is -0.755 e. The summed E-state index contributed by atoms with van der Waals surface area (Å²) in [5.74, 6) is -2.03. The maximum Gasteiger partial charge on any atom is 0.248 e. The molecule has 0 saturated carbocycles. The van der Waals surface area contributed by atoms with Gasteiger partial charge >= 0.3 is 0 Å². The number of benzene rings is 4. The number of anilines is 4. The van der Waals surface area contributed by atoms with Crippen LogP contribution in [0.4, 0.5) is 22.7 Å². The molecule has 21 nitrogen and oxygen atoms in total. The number of para-hydroxylation sites is 4. The molecule has 6 atom stereocenters. The molecule has 5 heterocycles. The molecule has 2 saturated heterocycles. The fourth-order valence-corrected chi connectivity index (χ4v) is 10.8. The number of nitriles is 1. The Morgan fingerprint density at radius 2 is 1.07 bits per heavy atom. The number of nitrogens with one attached hydrogen (secondary N) is 5. The van der Waals surface area contributed by atoms with Gasteiger partial charge in [0.15, 0.2) is 0 Å². The van der Waals surface area contributed by atoms with Gasteiger partial charge < -0.3 is 45.5 Å². The van der Waals surface area contributed by atoms with Crippen molar-refractivity contribution in [3.63, 3.8) is 0 Å². The third-order valence-electron chi connectivity index (χ3n) is 13.0. The van der Waals surface area contributed by atoms with E-state index in [-0.39, 0.29) is 112 Å². The van der Waals surface area contributed by atoms with Crippen LogP contribution in [0.25, 0.3) is 0 Å². The number of amidine groups is 1. The quantitative estimate of drug-likeness (QED) is 0.107. The van der Waals surface area contributed by atoms with Gasteiger partial charge in [0, 0.05) is 149 Å². The largest absolute Gasteiger partial charge is 0.755 e. The topological polar surface area (TPSA) is 292 Å². The Kier molecular flexibility index (Phi) is 22.0. The van der Waals surface area contributed by atoms with Crippen molar-refractivity contribution in [3.8, 4) is 6.07 Å². The smallest absolute Gasteiger partial charge is 0.248 e. The number of amides is 6. The number of aliphatic imine (C=N–C) groups is 1. The van der Waals surface area contributed by atoms with Gasteiger partial charge in [0.25, 0.3) is 0 Å². The Morgan fingerprint density at radius 3 is 1.45 bits per heavy atom. The minimum atomic E-state index is -2.80. The molecule has 9 rings (SSSR count). The Morgan fingerprint density at radius 1 is 0.653 bits per heavy atom. The van der Waals surface area contributed by atoms with Gasteiger partial charge in [-0.05, 0) is 73.2 Å². The van der Waals surface area contributed by atoms with Crippen molar-refractivity contribution in [2.45, 2.75) is 75.5 Å². The van der Waals surface area contributed by atoms with Crippen LogP contribution in [0.1, 0.15) is 60.8 Å². The molecule has 0 bridgehead atoms. The second kappa shape index (κ2) is 27.9. The second-order valence-corrected chi connectivity index (χ2v) is 19.6. The van der Waals surface area contributed by atoms with E-state index in [1.807, 2.05) is 30.3 Å². The third kappa shape index (κ3) is 14.9. The van der Waals surface area contributed by atoms with E-state index in [2.05, 4.69) is 31.6 Å². The number of nitrogens with zero attached hydrogens (tertiary/aromatic N) is 6. The molecule has 0 aliphatic carbocycles. The number of likely N-dealkylation sites (tertiary alicyclic amines) is 2. The van der Waals surface area contributed by atoms with E-state index in [1.165, 1.54) is 0 Å². The summed E-state index contributed by atoms with van der Waals surface area (Å²) in [6.07, 6.45) is 3.16. The molecule has 4 aromatic rings. The van der Waals surface area contributed by atoms with Crippen LogP contribution in [-0.2, 0) is 64.1 Å². The summed E-state index contributed by atoms with van der Waals surface area (Å²) in [6.45, 7) is 3.99. The van der Waals surface area contributed by atoms with Gasteiger partial charge in [0.2, 0.25) is 35.4 Å². The number of hydrogen-bond acceptors (Lipinski definition) is 13. The molecule has 0 radical (unpaired) electrons. The van der Waals surface area contributed by atoms with Gasteiger partial charge in [-0.1, -0.05) is 60.7 Å². The standard InChI is InChI=1S/C26H30N6O5S.C24H25N5O5S.2Ar/c33-23(16-22-25(34)30-19-5-1-2-6-21(19)32(22)38(36)37)29-20(26(35)31-13-3-4-14-31)15-17-7-9-18(10-8-17)24-27-11-12-28-24;25-15-17-9-7-16(8-10-17)13-19(24(32)28-11-3-4-12-28)26-22(30)14-21-23(31)27-18-5-1-2-6-20(18)29(21)35(33)34;;/h1-2,5-10,20,22H,3-4,11-16H2,(H,27,28)(H,29,33)(H,30,34)(H,36,37);1-2,5-10,19,21H,3-4,11-14H2,(H,26,30)(H,27,31)(H,33,34);;/p-2. The molecular weight excluding hydrogens is 1060 g/mol. The first-order valence-electron chi connectivity index (χ1n) is 23.9. The molecule has 4 aromatic carbocycles. The van der Waals surface area contributed by atoms with Crippen molar-refractivity contribution >= 4 is 86.6 Å². The summed E-state index contributed by atoms with van der Waals surface area (Å²) >= 11 is -5.58. The van der Waals surface area contributed by atoms with Crippen LogP contribution in [0.2, 0.25) is 0 Å². The van der Waals surface area contributed by atoms with E-state index >= 15 is 0 Å². The number of hydrogen-bond donors (Lipinski definition) is 5. The maximum atomic E-state index is 13.3. The summed E-state index contributed by atoms with van der Waals surface area (Å²) in [5, 5.41) is 23.0. The van der Waals surface area contributed by atoms with Crippen molar-refractivity contribution in [2.24, 2.45) is 4.99 Å². The first-order valence-corrected chi connectivity index (χ1v) is 25.9. The maximum absolute atomic E-state index is 13.3. The molecule has 0 spiro atoms. The monoisotopic (exact) mass is 1110 g/mol. The van der Waals surface area contributed by atoms with E-state index in [1.54, 1.807) is 82.6 Å². The summed E-state index contributed by atoms with van der Waals surface area (Å²) in [4.78, 5) is 86.0. The fourth-order valence-electron chi connectivity index (χ4n) is 9.39. The van der Waals surface area contributed by atoms with Crippen molar-refractivity contribution in [3.05, 3.63) is 119 Å². The predicted molar refractivity (Wildman–Crippen MR) is 270 cm³/mol. The second-order valence-electron chi connectivity index (χ2n) is 17.9. The molecule has 5 aliphatic rings. The Labute approximate surface area is 498 Å². The van der Waals surface area contributed by atoms with Gasteiger partial charge in [-0.2, -0.15) is 5.26 Å². The van der Waals surface area contributed by atoms with Gasteiger partial charge in [-0.25, -0.2) is 0 Å². The number of carbonyl (C=O) groups is 6. The average Bonchev–Trinajstić information content (AvgIpc) is 4.23. The van der Waals surface area contributed by atoms with Gasteiger partial charge in [0.05, 0.1) is 53.8 Å². The van der Waals surface area contributed by atoms with E-state index in [9.17, 15) is 46.3 Å². The average molecular weight is 1110 g/mol. The van der Waals surface area contributed by atoms with Crippen LogP contribution < -0.4 is 35.2 Å². The van der Waals surface area contributed by atoms with E-state index in [4.69, 9.17) is 5.26 Å².